The molecular formula is C13H19N3O2. The van der Waals surface area contributed by atoms with E-state index in [1.54, 1.807) is 4.90 Å². The Morgan fingerprint density at radius 3 is 2.22 bits per heavy atom. The molecule has 0 unspecified atom stereocenters. The van der Waals surface area contributed by atoms with Gasteiger partial charge in [0.15, 0.2) is 0 Å². The van der Waals surface area contributed by atoms with Gasteiger partial charge in [-0.25, -0.2) is 4.79 Å². The van der Waals surface area contributed by atoms with Gasteiger partial charge in [-0.3, -0.25) is 10.1 Å². The van der Waals surface area contributed by atoms with Crippen LogP contribution in [-0.4, -0.2) is 32.6 Å². The number of likely N-dealkylation sites (N-methyl/N-ethyl adjacent to an activating group) is 1. The van der Waals surface area contributed by atoms with E-state index in [2.05, 4.69) is 16.7 Å². The lowest BCUT2D eigenvalue weighted by atomic mass is 10.1. The molecule has 0 atom stereocenters. The molecule has 5 nitrogen and oxygen atoms in total. The van der Waals surface area contributed by atoms with E-state index in [4.69, 9.17) is 0 Å². The first kappa shape index (κ1) is 14.0. The average Bonchev–Trinajstić information content (AvgIpc) is 2.27. The Hall–Kier alpha value is -2.04. The standard InChI is InChI=1S/C13H19N3O2/c1-9-5-10(2)7-11(6-9)16(4)8-12(17)15-13(18)14-3/h5-7H,8H2,1-4H3,(H2,14,15,17,18). The summed E-state index contributed by atoms with van der Waals surface area (Å²) in [6.07, 6.45) is 0. The van der Waals surface area contributed by atoms with Crippen molar-refractivity contribution in [1.82, 2.24) is 10.6 Å². The Morgan fingerprint density at radius 1 is 1.17 bits per heavy atom. The van der Waals surface area contributed by atoms with Crippen LogP contribution in [-0.2, 0) is 4.79 Å². The SMILES string of the molecule is CNC(=O)NC(=O)CN(C)c1cc(C)cc(C)c1. The third kappa shape index (κ3) is 4.08. The number of carbonyl (C=O) groups excluding carboxylic acids is 2. The van der Waals surface area contributed by atoms with E-state index in [-0.39, 0.29) is 12.5 Å². The molecule has 2 N–H and O–H groups in total. The first-order valence-corrected chi connectivity index (χ1v) is 5.73. The highest BCUT2D eigenvalue weighted by atomic mass is 16.2. The topological polar surface area (TPSA) is 61.4 Å². The van der Waals surface area contributed by atoms with Crippen LogP contribution in [0.4, 0.5) is 10.5 Å². The second kappa shape index (κ2) is 6.05. The molecule has 0 saturated carbocycles. The fourth-order valence-corrected chi connectivity index (χ4v) is 1.71. The summed E-state index contributed by atoms with van der Waals surface area (Å²) in [6, 6.07) is 5.58. The van der Waals surface area contributed by atoms with E-state index in [0.29, 0.717) is 0 Å². The van der Waals surface area contributed by atoms with Crippen LogP contribution < -0.4 is 15.5 Å². The summed E-state index contributed by atoms with van der Waals surface area (Å²) in [7, 11) is 3.29. The smallest absolute Gasteiger partial charge is 0.321 e. The fraction of sp³-hybridized carbons (Fsp3) is 0.385. The highest BCUT2D eigenvalue weighted by Gasteiger charge is 2.10. The fourth-order valence-electron chi connectivity index (χ4n) is 1.71. The van der Waals surface area contributed by atoms with E-state index in [1.165, 1.54) is 7.05 Å². The van der Waals surface area contributed by atoms with Crippen molar-refractivity contribution in [2.75, 3.05) is 25.5 Å². The Bertz CT molecular complexity index is 437. The van der Waals surface area contributed by atoms with Crippen LogP contribution in [0, 0.1) is 13.8 Å². The summed E-state index contributed by atoms with van der Waals surface area (Å²) in [5.74, 6) is -0.337. The van der Waals surface area contributed by atoms with Gasteiger partial charge < -0.3 is 10.2 Å². The van der Waals surface area contributed by atoms with Crippen molar-refractivity contribution >= 4 is 17.6 Å². The number of carbonyl (C=O) groups is 2. The predicted octanol–water partition coefficient (Wildman–Crippen LogP) is 1.20. The number of imide groups is 1. The molecular weight excluding hydrogens is 230 g/mol. The molecule has 0 aliphatic carbocycles. The first-order valence-electron chi connectivity index (χ1n) is 5.73. The summed E-state index contributed by atoms with van der Waals surface area (Å²) < 4.78 is 0. The largest absolute Gasteiger partial charge is 0.365 e. The zero-order chi connectivity index (χ0) is 13.7. The van der Waals surface area contributed by atoms with Crippen LogP contribution in [0.15, 0.2) is 18.2 Å². The van der Waals surface area contributed by atoms with Crippen LogP contribution in [0.25, 0.3) is 0 Å². The van der Waals surface area contributed by atoms with Crippen LogP contribution in [0.5, 0.6) is 0 Å². The number of urea groups is 1. The van der Waals surface area contributed by atoms with Crippen molar-refractivity contribution in [1.29, 1.82) is 0 Å². The van der Waals surface area contributed by atoms with Crippen molar-refractivity contribution < 1.29 is 9.59 Å². The molecule has 0 radical (unpaired) electrons. The van der Waals surface area contributed by atoms with Gasteiger partial charge in [-0.05, 0) is 37.1 Å². The number of benzene rings is 1. The third-order valence-corrected chi connectivity index (χ3v) is 2.51. The Morgan fingerprint density at radius 2 is 1.72 bits per heavy atom. The van der Waals surface area contributed by atoms with Crippen LogP contribution in [0.3, 0.4) is 0 Å². The van der Waals surface area contributed by atoms with Gasteiger partial charge in [-0.1, -0.05) is 6.07 Å². The second-order valence-electron chi connectivity index (χ2n) is 4.33. The molecule has 1 rings (SSSR count). The quantitative estimate of drug-likeness (QED) is 0.846. The maximum Gasteiger partial charge on any atom is 0.321 e. The highest BCUT2D eigenvalue weighted by Crippen LogP contribution is 2.17. The first-order chi connectivity index (χ1) is 8.42. The van der Waals surface area contributed by atoms with Gasteiger partial charge in [0, 0.05) is 19.8 Å². The molecule has 0 bridgehead atoms. The zero-order valence-electron chi connectivity index (χ0n) is 11.2. The molecule has 0 aliphatic heterocycles. The Balaban J connectivity index is 2.67. The summed E-state index contributed by atoms with van der Waals surface area (Å²) in [4.78, 5) is 24.3. The number of amides is 3. The molecule has 98 valence electrons. The van der Waals surface area contributed by atoms with Crippen LogP contribution in [0.2, 0.25) is 0 Å². The van der Waals surface area contributed by atoms with E-state index in [0.717, 1.165) is 16.8 Å². The van der Waals surface area contributed by atoms with Gasteiger partial charge in [-0.15, -0.1) is 0 Å². The van der Waals surface area contributed by atoms with Gasteiger partial charge in [0.2, 0.25) is 5.91 Å². The highest BCUT2D eigenvalue weighted by molar-refractivity contribution is 5.96. The molecule has 0 spiro atoms. The van der Waals surface area contributed by atoms with E-state index in [9.17, 15) is 9.59 Å². The summed E-state index contributed by atoms with van der Waals surface area (Å²) in [5.41, 5.74) is 3.24. The average molecular weight is 249 g/mol. The van der Waals surface area contributed by atoms with Crippen molar-refractivity contribution in [3.8, 4) is 0 Å². The van der Waals surface area contributed by atoms with Crippen molar-refractivity contribution in [2.45, 2.75) is 13.8 Å². The molecule has 0 aromatic heterocycles. The van der Waals surface area contributed by atoms with Crippen molar-refractivity contribution in [3.05, 3.63) is 29.3 Å². The maximum absolute atomic E-state index is 11.6. The van der Waals surface area contributed by atoms with Crippen molar-refractivity contribution in [3.63, 3.8) is 0 Å². The number of nitrogens with zero attached hydrogens (tertiary/aromatic N) is 1. The molecule has 0 heterocycles. The lowest BCUT2D eigenvalue weighted by molar-refractivity contribution is -0.118. The van der Waals surface area contributed by atoms with Crippen LogP contribution >= 0.6 is 0 Å². The number of nitrogens with one attached hydrogen (secondary N) is 2. The molecule has 0 aliphatic rings. The molecule has 1 aromatic rings. The van der Waals surface area contributed by atoms with Crippen molar-refractivity contribution in [2.24, 2.45) is 0 Å². The molecule has 18 heavy (non-hydrogen) atoms. The number of hydrogen-bond donors (Lipinski definition) is 2. The van der Waals surface area contributed by atoms with E-state index < -0.39 is 6.03 Å². The van der Waals surface area contributed by atoms with Crippen LogP contribution in [0.1, 0.15) is 11.1 Å². The number of rotatable bonds is 3. The number of aryl methyl sites for hydroxylation is 2. The Kier molecular flexibility index (Phi) is 4.71. The summed E-state index contributed by atoms with van der Waals surface area (Å²) in [6.45, 7) is 4.15. The van der Waals surface area contributed by atoms with Gasteiger partial charge in [-0.2, -0.15) is 0 Å². The number of hydrogen-bond acceptors (Lipinski definition) is 3. The Labute approximate surface area is 107 Å². The van der Waals surface area contributed by atoms with E-state index in [1.807, 2.05) is 33.0 Å². The molecule has 0 fully saturated rings. The minimum atomic E-state index is -0.492. The maximum atomic E-state index is 11.6. The monoisotopic (exact) mass is 249 g/mol. The van der Waals surface area contributed by atoms with Gasteiger partial charge in [0.1, 0.15) is 0 Å². The lowest BCUT2D eigenvalue weighted by Crippen LogP contribution is -2.42. The minimum Gasteiger partial charge on any atom is -0.365 e. The lowest BCUT2D eigenvalue weighted by Gasteiger charge is -2.19. The molecule has 5 heteroatoms. The summed E-state index contributed by atoms with van der Waals surface area (Å²) >= 11 is 0. The van der Waals surface area contributed by atoms with Gasteiger partial charge >= 0.3 is 6.03 Å². The minimum absolute atomic E-state index is 0.135. The normalized spacial score (nSPS) is 9.78. The zero-order valence-corrected chi connectivity index (χ0v) is 11.2. The molecule has 3 amide bonds. The van der Waals surface area contributed by atoms with Gasteiger partial charge in [0.25, 0.3) is 0 Å². The van der Waals surface area contributed by atoms with Gasteiger partial charge in [0.05, 0.1) is 6.54 Å². The number of anilines is 1. The predicted molar refractivity (Wildman–Crippen MR) is 71.8 cm³/mol. The molecule has 1 aromatic carbocycles. The third-order valence-electron chi connectivity index (χ3n) is 2.51. The van der Waals surface area contributed by atoms with E-state index >= 15 is 0 Å². The molecule has 0 saturated heterocycles. The summed E-state index contributed by atoms with van der Waals surface area (Å²) in [5, 5.41) is 4.57. The second-order valence-corrected chi connectivity index (χ2v) is 4.33.